The highest BCUT2D eigenvalue weighted by Crippen LogP contribution is 2.28. The molecule has 1 aliphatic rings. The van der Waals surface area contributed by atoms with Gasteiger partial charge in [0.25, 0.3) is 0 Å². The Morgan fingerprint density at radius 1 is 0.968 bits per heavy atom. The van der Waals surface area contributed by atoms with Crippen LogP contribution in [0.1, 0.15) is 36.5 Å². The largest absolute Gasteiger partial charge is 0.493 e. The third-order valence-corrected chi connectivity index (χ3v) is 6.33. The van der Waals surface area contributed by atoms with Crippen LogP contribution in [0.2, 0.25) is 0 Å². The van der Waals surface area contributed by atoms with Gasteiger partial charge in [-0.25, -0.2) is 0 Å². The van der Waals surface area contributed by atoms with Gasteiger partial charge in [-0.1, -0.05) is 37.3 Å². The molecular formula is C26H36N2O3. The normalized spacial score (nSPS) is 15.0. The van der Waals surface area contributed by atoms with Gasteiger partial charge in [0.1, 0.15) is 0 Å². The van der Waals surface area contributed by atoms with Gasteiger partial charge in [0.05, 0.1) is 14.2 Å². The molecule has 5 nitrogen and oxygen atoms in total. The van der Waals surface area contributed by atoms with Gasteiger partial charge >= 0.3 is 0 Å². The summed E-state index contributed by atoms with van der Waals surface area (Å²) >= 11 is 0. The van der Waals surface area contributed by atoms with E-state index in [1.807, 2.05) is 30.1 Å². The number of nitrogens with zero attached hydrogens (tertiary/aromatic N) is 2. The quantitative estimate of drug-likeness (QED) is 0.606. The van der Waals surface area contributed by atoms with Crippen LogP contribution < -0.4 is 9.47 Å². The molecule has 0 bridgehead atoms. The Labute approximate surface area is 187 Å². The van der Waals surface area contributed by atoms with E-state index in [9.17, 15) is 4.79 Å². The second-order valence-electron chi connectivity index (χ2n) is 8.42. The molecular weight excluding hydrogens is 388 g/mol. The number of piperidine rings is 1. The molecule has 1 fully saturated rings. The summed E-state index contributed by atoms with van der Waals surface area (Å²) in [6, 6.07) is 14.9. The minimum Gasteiger partial charge on any atom is -0.493 e. The van der Waals surface area contributed by atoms with E-state index in [-0.39, 0.29) is 11.8 Å². The summed E-state index contributed by atoms with van der Waals surface area (Å²) in [6.07, 6.45) is 3.75. The Morgan fingerprint density at radius 3 is 2.19 bits per heavy atom. The third-order valence-electron chi connectivity index (χ3n) is 6.33. The van der Waals surface area contributed by atoms with Crippen LogP contribution in [0, 0.1) is 5.92 Å². The highest BCUT2D eigenvalue weighted by Gasteiger charge is 2.27. The van der Waals surface area contributed by atoms with E-state index in [2.05, 4.69) is 36.1 Å². The van der Waals surface area contributed by atoms with Crippen molar-refractivity contribution in [3.05, 3.63) is 59.2 Å². The molecule has 3 rings (SSSR count). The molecule has 1 amide bonds. The van der Waals surface area contributed by atoms with Crippen molar-refractivity contribution in [2.45, 2.75) is 39.2 Å². The average Bonchev–Trinajstić information content (AvgIpc) is 2.82. The number of aryl methyl sites for hydroxylation is 1. The van der Waals surface area contributed by atoms with E-state index in [1.165, 1.54) is 11.1 Å². The third kappa shape index (κ3) is 6.23. The van der Waals surface area contributed by atoms with E-state index in [0.29, 0.717) is 6.54 Å². The number of likely N-dealkylation sites (tertiary alicyclic amines) is 1. The van der Waals surface area contributed by atoms with Gasteiger partial charge in [-0.05, 0) is 67.6 Å². The minimum atomic E-state index is 0.133. The van der Waals surface area contributed by atoms with Gasteiger partial charge in [0, 0.05) is 26.1 Å². The van der Waals surface area contributed by atoms with Crippen LogP contribution in [0.15, 0.2) is 42.5 Å². The van der Waals surface area contributed by atoms with E-state index < -0.39 is 0 Å². The van der Waals surface area contributed by atoms with Crippen molar-refractivity contribution in [1.82, 2.24) is 9.80 Å². The van der Waals surface area contributed by atoms with Crippen LogP contribution in [0.25, 0.3) is 0 Å². The maximum atomic E-state index is 12.9. The first-order valence-electron chi connectivity index (χ1n) is 11.3. The van der Waals surface area contributed by atoms with Crippen LogP contribution in [-0.2, 0) is 24.2 Å². The maximum Gasteiger partial charge on any atom is 0.225 e. The predicted octanol–water partition coefficient (Wildman–Crippen LogP) is 4.18. The SMILES string of the molecule is CCc1ccc(CN2CCC(C(=O)N(C)CCc3ccc(OC)c(OC)c3)CC2)cc1. The average molecular weight is 425 g/mol. The minimum absolute atomic E-state index is 0.133. The van der Waals surface area contributed by atoms with E-state index in [1.54, 1.807) is 14.2 Å². The van der Waals surface area contributed by atoms with Crippen LogP contribution >= 0.6 is 0 Å². The molecule has 0 atom stereocenters. The molecule has 0 aliphatic carbocycles. The standard InChI is InChI=1S/C26H36N2O3/c1-5-20-6-8-22(9-7-20)19-28-16-13-23(14-17-28)26(29)27(2)15-12-21-10-11-24(30-3)25(18-21)31-4/h6-11,18,23H,5,12-17,19H2,1-4H3. The fourth-order valence-corrected chi connectivity index (χ4v) is 4.23. The smallest absolute Gasteiger partial charge is 0.225 e. The number of methoxy groups -OCH3 is 2. The molecule has 0 N–H and O–H groups in total. The van der Waals surface area contributed by atoms with Crippen LogP contribution in [0.3, 0.4) is 0 Å². The fourth-order valence-electron chi connectivity index (χ4n) is 4.23. The number of carbonyl (C=O) groups is 1. The van der Waals surface area contributed by atoms with Gasteiger partial charge in [-0.15, -0.1) is 0 Å². The molecule has 1 saturated heterocycles. The first-order valence-corrected chi connectivity index (χ1v) is 11.3. The molecule has 1 heterocycles. The molecule has 2 aromatic rings. The topological polar surface area (TPSA) is 42.0 Å². The Kier molecular flexibility index (Phi) is 8.35. The van der Waals surface area contributed by atoms with Gasteiger partial charge < -0.3 is 14.4 Å². The molecule has 168 valence electrons. The van der Waals surface area contributed by atoms with Gasteiger partial charge in [-0.3, -0.25) is 9.69 Å². The van der Waals surface area contributed by atoms with E-state index in [0.717, 1.165) is 62.4 Å². The first-order chi connectivity index (χ1) is 15.0. The molecule has 5 heteroatoms. The molecule has 31 heavy (non-hydrogen) atoms. The molecule has 0 aromatic heterocycles. The van der Waals surface area contributed by atoms with Gasteiger partial charge in [0.2, 0.25) is 5.91 Å². The predicted molar refractivity (Wildman–Crippen MR) is 125 cm³/mol. The van der Waals surface area contributed by atoms with Crippen molar-refractivity contribution in [3.8, 4) is 11.5 Å². The summed E-state index contributed by atoms with van der Waals surface area (Å²) in [5.41, 5.74) is 3.87. The number of rotatable bonds is 9. The number of ether oxygens (including phenoxy) is 2. The second kappa shape index (κ2) is 11.2. The lowest BCUT2D eigenvalue weighted by Gasteiger charge is -2.33. The van der Waals surface area contributed by atoms with Crippen LogP contribution in [-0.4, -0.2) is 56.6 Å². The molecule has 0 radical (unpaired) electrons. The Balaban J connectivity index is 1.45. The van der Waals surface area contributed by atoms with Crippen molar-refractivity contribution < 1.29 is 14.3 Å². The monoisotopic (exact) mass is 424 g/mol. The number of hydrogen-bond donors (Lipinski definition) is 0. The summed E-state index contributed by atoms with van der Waals surface area (Å²) in [4.78, 5) is 17.3. The van der Waals surface area contributed by atoms with Crippen LogP contribution in [0.4, 0.5) is 0 Å². The van der Waals surface area contributed by atoms with Crippen molar-refractivity contribution in [1.29, 1.82) is 0 Å². The first kappa shape index (κ1) is 23.1. The van der Waals surface area contributed by atoms with Crippen molar-refractivity contribution >= 4 is 5.91 Å². The summed E-state index contributed by atoms with van der Waals surface area (Å²) < 4.78 is 10.7. The zero-order valence-electron chi connectivity index (χ0n) is 19.4. The number of likely N-dealkylation sites (N-methyl/N-ethyl adjacent to an activating group) is 1. The summed E-state index contributed by atoms with van der Waals surface area (Å²) in [5, 5.41) is 0. The van der Waals surface area contributed by atoms with Crippen molar-refractivity contribution in [2.24, 2.45) is 5.92 Å². The molecule has 1 aliphatic heterocycles. The van der Waals surface area contributed by atoms with E-state index in [4.69, 9.17) is 9.47 Å². The second-order valence-corrected chi connectivity index (χ2v) is 8.42. The van der Waals surface area contributed by atoms with Crippen molar-refractivity contribution in [3.63, 3.8) is 0 Å². The van der Waals surface area contributed by atoms with Gasteiger partial charge in [-0.2, -0.15) is 0 Å². The molecule has 0 spiro atoms. The number of benzene rings is 2. The lowest BCUT2D eigenvalue weighted by Crippen LogP contribution is -2.41. The zero-order chi connectivity index (χ0) is 22.2. The summed E-state index contributed by atoms with van der Waals surface area (Å²) in [7, 11) is 5.20. The maximum absolute atomic E-state index is 12.9. The highest BCUT2D eigenvalue weighted by atomic mass is 16.5. The molecule has 0 saturated carbocycles. The molecule has 2 aromatic carbocycles. The zero-order valence-corrected chi connectivity index (χ0v) is 19.4. The summed E-state index contributed by atoms with van der Waals surface area (Å²) in [5.74, 6) is 1.86. The Hall–Kier alpha value is -2.53. The molecule has 0 unspecified atom stereocenters. The van der Waals surface area contributed by atoms with Crippen LogP contribution in [0.5, 0.6) is 11.5 Å². The lowest BCUT2D eigenvalue weighted by atomic mass is 9.94. The summed E-state index contributed by atoms with van der Waals surface area (Å²) in [6.45, 7) is 5.82. The Morgan fingerprint density at radius 2 is 1.58 bits per heavy atom. The van der Waals surface area contributed by atoms with E-state index >= 15 is 0 Å². The van der Waals surface area contributed by atoms with Crippen molar-refractivity contribution in [2.75, 3.05) is 40.9 Å². The fraction of sp³-hybridized carbons (Fsp3) is 0.500. The Bertz CT molecular complexity index is 842. The number of carbonyl (C=O) groups excluding carboxylic acids is 1. The number of amides is 1. The highest BCUT2D eigenvalue weighted by molar-refractivity contribution is 5.78. The van der Waals surface area contributed by atoms with Gasteiger partial charge in [0.15, 0.2) is 11.5 Å². The number of hydrogen-bond acceptors (Lipinski definition) is 4. The lowest BCUT2D eigenvalue weighted by molar-refractivity contribution is -0.135.